The van der Waals surface area contributed by atoms with Crippen LogP contribution in [0.4, 0.5) is 0 Å². The number of rotatable bonds is 10. The zero-order chi connectivity index (χ0) is 45.0. The number of nitrogens with zero attached hydrogens (tertiary/aromatic N) is 2. The van der Waals surface area contributed by atoms with Crippen LogP contribution in [-0.4, -0.2) is 10.7 Å². The molecule has 3 aliphatic carbocycles. The number of benzene rings is 5. The smallest absolute Gasteiger partial charge is 0.0712 e. The molecule has 0 saturated carbocycles. The van der Waals surface area contributed by atoms with Crippen LogP contribution in [0.2, 0.25) is 0 Å². The Bertz CT molecular complexity index is 3270. The maximum atomic E-state index is 5.33. The third-order valence-corrected chi connectivity index (χ3v) is 14.9. The molecule has 0 saturated heterocycles. The van der Waals surface area contributed by atoms with Crippen molar-refractivity contribution >= 4 is 33.9 Å². The minimum atomic E-state index is -0.271. The molecule has 3 heteroatoms. The summed E-state index contributed by atoms with van der Waals surface area (Å²) < 4.78 is 0. The average molecular weight is 879 g/mol. The summed E-state index contributed by atoms with van der Waals surface area (Å²) in [4.78, 5) is 13.3. The highest BCUT2D eigenvalue weighted by Gasteiger charge is 2.34. The van der Waals surface area contributed by atoms with E-state index in [-0.39, 0.29) is 17.3 Å². The number of thiophene rings is 1. The van der Waals surface area contributed by atoms with Crippen molar-refractivity contribution in [3.05, 3.63) is 252 Å². The van der Waals surface area contributed by atoms with Gasteiger partial charge >= 0.3 is 0 Å². The Kier molecular flexibility index (Phi) is 11.7. The van der Waals surface area contributed by atoms with Crippen LogP contribution in [0.3, 0.4) is 0 Å². The van der Waals surface area contributed by atoms with E-state index in [1.807, 2.05) is 23.5 Å². The molecule has 67 heavy (non-hydrogen) atoms. The third kappa shape index (κ3) is 8.77. The topological polar surface area (TPSA) is 25.2 Å². The van der Waals surface area contributed by atoms with Crippen molar-refractivity contribution in [1.82, 2.24) is 4.98 Å². The van der Waals surface area contributed by atoms with E-state index in [4.69, 9.17) is 9.98 Å². The molecule has 0 fully saturated rings. The van der Waals surface area contributed by atoms with Crippen LogP contribution in [0.5, 0.6) is 0 Å². The first-order valence-corrected chi connectivity index (χ1v) is 24.3. The second-order valence-corrected chi connectivity index (χ2v) is 19.0. The molecule has 4 aliphatic rings. The summed E-state index contributed by atoms with van der Waals surface area (Å²) in [5.41, 5.74) is 17.1. The average Bonchev–Trinajstić information content (AvgIpc) is 3.62. The van der Waals surface area contributed by atoms with Crippen LogP contribution < -0.4 is 0 Å². The Morgan fingerprint density at radius 1 is 0.597 bits per heavy atom. The van der Waals surface area contributed by atoms with Crippen molar-refractivity contribution in [2.45, 2.75) is 38.0 Å². The lowest BCUT2D eigenvalue weighted by Gasteiger charge is -2.29. The number of pyridine rings is 1. The predicted octanol–water partition coefficient (Wildman–Crippen LogP) is 16.4. The summed E-state index contributed by atoms with van der Waals surface area (Å²) in [6, 6.07) is 56.9. The molecule has 0 amide bonds. The molecule has 2 aromatic heterocycles. The van der Waals surface area contributed by atoms with Crippen molar-refractivity contribution < 1.29 is 0 Å². The summed E-state index contributed by atoms with van der Waals surface area (Å²) in [5.74, 6) is 7.06. The van der Waals surface area contributed by atoms with Gasteiger partial charge in [0.25, 0.3) is 0 Å². The van der Waals surface area contributed by atoms with E-state index in [0.29, 0.717) is 0 Å². The van der Waals surface area contributed by atoms with Gasteiger partial charge in [0.1, 0.15) is 0 Å². The number of hydrogen-bond acceptors (Lipinski definition) is 3. The zero-order valence-electron chi connectivity index (χ0n) is 37.6. The minimum Gasteiger partial charge on any atom is -0.253 e. The standard InChI is InChI=1S/C64H50N2S/c1-64(39-37-50(38-40-64)59-44-55(46-23-11-4-12-24-46)42-57(66-59)48-27-15-6-16-28-48)63-61(52-31-19-8-20-32-52)60(51-29-17-7-18-30-51)62(67-63)53-35-33-49(34-36-53)58-43-54(45-21-9-2-3-10-22-45)41-56(65-58)47-25-13-5-14-26-47/h2-5,7-9,11-15,17-21,23-39,41-42,44-45,54H,6,16,40,43H2,1H3. The zero-order valence-corrected chi connectivity index (χ0v) is 38.5. The van der Waals surface area contributed by atoms with Gasteiger partial charge < -0.3 is 0 Å². The van der Waals surface area contributed by atoms with E-state index in [0.717, 1.165) is 65.2 Å². The molecule has 3 atom stereocenters. The van der Waals surface area contributed by atoms with E-state index >= 15 is 0 Å². The first-order chi connectivity index (χ1) is 33.1. The number of aliphatic imine (C=N–C) groups is 1. The highest BCUT2D eigenvalue weighted by atomic mass is 32.1. The SMILES string of the molecule is CC1(c2sc(-c3ccc(C4=NC(c5ccccc5)=CC(C5C#CC=CC=C5)C4)cc3)c(-c3ccccc3)c2-c2ccccc2)C=CC(c2cc(-c3ccccc3)cc(C3=CCCC=C3)n2)=CC1. The van der Waals surface area contributed by atoms with Gasteiger partial charge in [0.15, 0.2) is 0 Å². The third-order valence-electron chi connectivity index (χ3n) is 13.4. The Hall–Kier alpha value is -7.64. The van der Waals surface area contributed by atoms with E-state index in [1.54, 1.807) is 0 Å². The maximum absolute atomic E-state index is 5.33. The van der Waals surface area contributed by atoms with Crippen LogP contribution >= 0.6 is 11.3 Å². The summed E-state index contributed by atoms with van der Waals surface area (Å²) in [5, 5.41) is 0. The lowest BCUT2D eigenvalue weighted by Crippen LogP contribution is -2.20. The summed E-state index contributed by atoms with van der Waals surface area (Å²) in [6.45, 7) is 2.41. The second-order valence-electron chi connectivity index (χ2n) is 18.0. The molecule has 1 aliphatic heterocycles. The lowest BCUT2D eigenvalue weighted by molar-refractivity contribution is 0.590. The fourth-order valence-corrected chi connectivity index (χ4v) is 11.2. The molecular formula is C64H50N2S. The number of aromatic nitrogens is 1. The normalized spacial score (nSPS) is 19.7. The largest absolute Gasteiger partial charge is 0.253 e. The Morgan fingerprint density at radius 3 is 1.87 bits per heavy atom. The first kappa shape index (κ1) is 42.0. The molecule has 0 spiro atoms. The van der Waals surface area contributed by atoms with E-state index in [1.165, 1.54) is 54.3 Å². The molecular weight excluding hydrogens is 829 g/mol. The van der Waals surface area contributed by atoms with E-state index in [9.17, 15) is 0 Å². The van der Waals surface area contributed by atoms with Gasteiger partial charge in [-0.2, -0.15) is 0 Å². The highest BCUT2D eigenvalue weighted by Crippen LogP contribution is 2.54. The van der Waals surface area contributed by atoms with Crippen LogP contribution in [0.1, 0.15) is 60.0 Å². The van der Waals surface area contributed by atoms with Gasteiger partial charge in [0, 0.05) is 43.8 Å². The Morgan fingerprint density at radius 2 is 1.22 bits per heavy atom. The molecule has 0 bridgehead atoms. The van der Waals surface area contributed by atoms with E-state index < -0.39 is 0 Å². The fraction of sp³-hybridized carbons (Fsp3) is 0.125. The van der Waals surface area contributed by atoms with Gasteiger partial charge in [-0.05, 0) is 94.0 Å². The van der Waals surface area contributed by atoms with E-state index in [2.05, 4.69) is 231 Å². The maximum Gasteiger partial charge on any atom is 0.0712 e. The first-order valence-electron chi connectivity index (χ1n) is 23.5. The van der Waals surface area contributed by atoms with Crippen LogP contribution in [0.25, 0.3) is 60.7 Å². The van der Waals surface area contributed by atoms with Crippen molar-refractivity contribution in [1.29, 1.82) is 0 Å². The number of hydrogen-bond donors (Lipinski definition) is 0. The highest BCUT2D eigenvalue weighted by molar-refractivity contribution is 7.17. The quantitative estimate of drug-likeness (QED) is 0.126. The van der Waals surface area contributed by atoms with Crippen molar-refractivity contribution in [2.24, 2.45) is 16.8 Å². The van der Waals surface area contributed by atoms with Gasteiger partial charge in [0.05, 0.1) is 17.1 Å². The van der Waals surface area contributed by atoms with Gasteiger partial charge in [-0.3, -0.25) is 4.99 Å². The summed E-state index contributed by atoms with van der Waals surface area (Å²) >= 11 is 1.93. The Labute approximate surface area is 399 Å². The molecule has 0 N–H and O–H groups in total. The summed E-state index contributed by atoms with van der Waals surface area (Å²) in [7, 11) is 0. The number of allylic oxidation sites excluding steroid dienone is 13. The second kappa shape index (κ2) is 18.7. The Balaban J connectivity index is 0.989. The molecule has 322 valence electrons. The molecule has 3 unspecified atom stereocenters. The molecule has 5 aromatic carbocycles. The van der Waals surface area contributed by atoms with Gasteiger partial charge in [-0.15, -0.1) is 11.3 Å². The van der Waals surface area contributed by atoms with Crippen molar-refractivity contribution in [2.75, 3.05) is 0 Å². The van der Waals surface area contributed by atoms with Gasteiger partial charge in [-0.1, -0.05) is 225 Å². The fourth-order valence-electron chi connectivity index (χ4n) is 9.75. The minimum absolute atomic E-state index is 0.110. The van der Waals surface area contributed by atoms with Crippen molar-refractivity contribution in [3.8, 4) is 55.7 Å². The summed E-state index contributed by atoms with van der Waals surface area (Å²) in [6.07, 6.45) is 28.4. The van der Waals surface area contributed by atoms with Crippen molar-refractivity contribution in [3.63, 3.8) is 0 Å². The molecule has 0 radical (unpaired) electrons. The lowest BCUT2D eigenvalue weighted by atomic mass is 9.76. The van der Waals surface area contributed by atoms with Crippen LogP contribution in [0.15, 0.2) is 230 Å². The van der Waals surface area contributed by atoms with Gasteiger partial charge in [0.2, 0.25) is 0 Å². The molecule has 7 aromatic rings. The van der Waals surface area contributed by atoms with Crippen LogP contribution in [-0.2, 0) is 5.41 Å². The molecule has 2 nitrogen and oxygen atoms in total. The molecule has 3 heterocycles. The van der Waals surface area contributed by atoms with Gasteiger partial charge in [-0.25, -0.2) is 4.98 Å². The van der Waals surface area contributed by atoms with Crippen LogP contribution in [0, 0.1) is 23.7 Å². The molecule has 11 rings (SSSR count). The monoisotopic (exact) mass is 878 g/mol. The predicted molar refractivity (Wildman–Crippen MR) is 284 cm³/mol.